The minimum atomic E-state index is -5.20. The van der Waals surface area contributed by atoms with Gasteiger partial charge in [0.25, 0.3) is 0 Å². The Morgan fingerprint density at radius 2 is 1.79 bits per heavy atom. The first-order chi connectivity index (χ1) is 15.6. The quantitative estimate of drug-likeness (QED) is 0.197. The maximum Gasteiger partial charge on any atom is 0.471 e. The first-order valence-corrected chi connectivity index (χ1v) is 11.3. The van der Waals surface area contributed by atoms with Crippen LogP contribution >= 0.6 is 15.9 Å². The number of benzene rings is 2. The number of rotatable bonds is 11. The third kappa shape index (κ3) is 7.18. The zero-order valence-corrected chi connectivity index (χ0v) is 19.9. The Balaban J connectivity index is 2.59. The maximum absolute atomic E-state index is 13.6. The number of amides is 1. The molecule has 0 saturated heterocycles. The van der Waals surface area contributed by atoms with Crippen molar-refractivity contribution < 1.29 is 27.6 Å². The summed E-state index contributed by atoms with van der Waals surface area (Å²) < 4.78 is 46.6. The summed E-state index contributed by atoms with van der Waals surface area (Å²) in [6.07, 6.45) is -3.39. The fraction of sp³-hybridized carbons (Fsp3) is 0.435. The van der Waals surface area contributed by atoms with Crippen molar-refractivity contribution in [3.8, 4) is 5.75 Å². The molecule has 2 aromatic carbocycles. The van der Waals surface area contributed by atoms with Crippen LogP contribution in [-0.4, -0.2) is 36.2 Å². The molecule has 0 aliphatic heterocycles. The highest BCUT2D eigenvalue weighted by Crippen LogP contribution is 2.32. The lowest BCUT2D eigenvalue weighted by Crippen LogP contribution is -2.54. The first kappa shape index (κ1) is 26.6. The van der Waals surface area contributed by atoms with E-state index in [0.717, 1.165) is 6.42 Å². The number of methoxy groups -OCH3 is 1. The van der Waals surface area contributed by atoms with Crippen molar-refractivity contribution in [1.82, 2.24) is 0 Å². The predicted molar refractivity (Wildman–Crippen MR) is 123 cm³/mol. The number of nitrogens with zero attached hydrogens (tertiary/aromatic N) is 2. The second-order valence-electron chi connectivity index (χ2n) is 7.58. The second kappa shape index (κ2) is 12.0. The highest BCUT2D eigenvalue weighted by Gasteiger charge is 2.49. The smallest absolute Gasteiger partial charge is 0.471 e. The standard InChI is InChI=1S/C23H26BrF3N2O4/c1-3-4-5-10-20(21(29(31)32)15-16-8-6-7-9-19(16)24)28(22(30)23(25,26)27)17-11-13-18(33-2)14-12-17/h6-9,11-14,20-21H,3-5,10,15H2,1-2H3/t20-,21+/m1/s1. The van der Waals surface area contributed by atoms with Gasteiger partial charge in [0.1, 0.15) is 11.8 Å². The van der Waals surface area contributed by atoms with Gasteiger partial charge in [-0.1, -0.05) is 60.3 Å². The number of hydrogen-bond donors (Lipinski definition) is 0. The minimum Gasteiger partial charge on any atom is -0.497 e. The molecule has 0 spiro atoms. The maximum atomic E-state index is 13.6. The van der Waals surface area contributed by atoms with E-state index in [4.69, 9.17) is 4.74 Å². The Morgan fingerprint density at radius 3 is 2.30 bits per heavy atom. The fourth-order valence-electron chi connectivity index (χ4n) is 3.68. The van der Waals surface area contributed by atoms with Crippen molar-refractivity contribution in [2.45, 2.75) is 57.3 Å². The molecule has 0 aliphatic rings. The fourth-order valence-corrected chi connectivity index (χ4v) is 4.12. The Hall–Kier alpha value is -2.62. The van der Waals surface area contributed by atoms with Gasteiger partial charge in [-0.05, 0) is 42.3 Å². The average molecular weight is 531 g/mol. The van der Waals surface area contributed by atoms with Crippen LogP contribution in [0.2, 0.25) is 0 Å². The van der Waals surface area contributed by atoms with Gasteiger partial charge in [0.05, 0.1) is 7.11 Å². The summed E-state index contributed by atoms with van der Waals surface area (Å²) in [4.78, 5) is 24.7. The molecule has 180 valence electrons. The molecule has 0 radical (unpaired) electrons. The zero-order chi connectivity index (χ0) is 24.6. The molecule has 0 N–H and O–H groups in total. The summed E-state index contributed by atoms with van der Waals surface area (Å²) in [6, 6.07) is 9.53. The molecule has 1 amide bonds. The van der Waals surface area contributed by atoms with Crippen LogP contribution in [0.5, 0.6) is 5.75 Å². The van der Waals surface area contributed by atoms with Crippen molar-refractivity contribution in [3.05, 3.63) is 68.7 Å². The van der Waals surface area contributed by atoms with Crippen molar-refractivity contribution in [2.24, 2.45) is 0 Å². The molecule has 0 fully saturated rings. The second-order valence-corrected chi connectivity index (χ2v) is 8.44. The van der Waals surface area contributed by atoms with Gasteiger partial charge >= 0.3 is 12.1 Å². The van der Waals surface area contributed by atoms with Gasteiger partial charge in [-0.2, -0.15) is 13.2 Å². The van der Waals surface area contributed by atoms with E-state index in [9.17, 15) is 28.1 Å². The van der Waals surface area contributed by atoms with E-state index in [-0.39, 0.29) is 18.5 Å². The summed E-state index contributed by atoms with van der Waals surface area (Å²) in [7, 11) is 1.40. The van der Waals surface area contributed by atoms with Crippen LogP contribution in [0.25, 0.3) is 0 Å². The number of alkyl halides is 3. The van der Waals surface area contributed by atoms with Crippen LogP contribution in [0.1, 0.15) is 38.2 Å². The lowest BCUT2D eigenvalue weighted by Gasteiger charge is -2.34. The average Bonchev–Trinajstić information content (AvgIpc) is 2.77. The summed E-state index contributed by atoms with van der Waals surface area (Å²) in [5.74, 6) is -1.74. The van der Waals surface area contributed by atoms with Crippen molar-refractivity contribution in [3.63, 3.8) is 0 Å². The molecule has 33 heavy (non-hydrogen) atoms. The number of unbranched alkanes of at least 4 members (excludes halogenated alkanes) is 2. The Labute approximate surface area is 199 Å². The van der Waals surface area contributed by atoms with E-state index in [0.29, 0.717) is 33.5 Å². The van der Waals surface area contributed by atoms with Gasteiger partial charge in [0.15, 0.2) is 0 Å². The number of ether oxygens (including phenoxy) is 1. The normalized spacial score (nSPS) is 13.3. The van der Waals surface area contributed by atoms with Crippen molar-refractivity contribution >= 4 is 27.5 Å². The number of carbonyl (C=O) groups is 1. The van der Waals surface area contributed by atoms with Gasteiger partial charge in [-0.3, -0.25) is 19.8 Å². The monoisotopic (exact) mass is 530 g/mol. The minimum absolute atomic E-state index is 0.0534. The number of hydrogen-bond acceptors (Lipinski definition) is 4. The summed E-state index contributed by atoms with van der Waals surface area (Å²) in [6.45, 7) is 1.92. The lowest BCUT2D eigenvalue weighted by atomic mass is 9.93. The highest BCUT2D eigenvalue weighted by molar-refractivity contribution is 9.10. The van der Waals surface area contributed by atoms with E-state index in [2.05, 4.69) is 15.9 Å². The molecule has 6 nitrogen and oxygen atoms in total. The van der Waals surface area contributed by atoms with Gasteiger partial charge < -0.3 is 4.74 Å². The number of carbonyl (C=O) groups excluding carboxylic acids is 1. The molecule has 0 saturated carbocycles. The molecule has 10 heteroatoms. The van der Waals surface area contributed by atoms with E-state index < -0.39 is 29.1 Å². The van der Waals surface area contributed by atoms with E-state index >= 15 is 0 Å². The zero-order valence-electron chi connectivity index (χ0n) is 18.3. The topological polar surface area (TPSA) is 72.7 Å². The number of nitro groups is 1. The molecule has 2 aromatic rings. The van der Waals surface area contributed by atoms with Crippen LogP contribution in [0, 0.1) is 10.1 Å². The van der Waals surface area contributed by atoms with E-state index in [1.54, 1.807) is 24.3 Å². The third-order valence-electron chi connectivity index (χ3n) is 5.35. The Kier molecular flexibility index (Phi) is 9.70. The van der Waals surface area contributed by atoms with E-state index in [1.807, 2.05) is 6.92 Å². The SMILES string of the molecule is CCCCC[C@H]([C@H](Cc1ccccc1Br)[N+](=O)[O-])N(C(=O)C(F)(F)F)c1ccc(OC)cc1. The molecular formula is C23H26BrF3N2O4. The van der Waals surface area contributed by atoms with Crippen LogP contribution in [0.15, 0.2) is 53.0 Å². The largest absolute Gasteiger partial charge is 0.497 e. The van der Waals surface area contributed by atoms with Gasteiger partial charge in [0.2, 0.25) is 6.04 Å². The molecule has 0 bridgehead atoms. The molecule has 2 rings (SSSR count). The van der Waals surface area contributed by atoms with Gasteiger partial charge in [-0.15, -0.1) is 0 Å². The van der Waals surface area contributed by atoms with Crippen LogP contribution in [-0.2, 0) is 11.2 Å². The van der Waals surface area contributed by atoms with Crippen LogP contribution < -0.4 is 9.64 Å². The Bertz CT molecular complexity index is 938. The molecule has 0 aliphatic carbocycles. The van der Waals surface area contributed by atoms with Gasteiger partial charge in [0, 0.05) is 21.5 Å². The molecule has 0 aromatic heterocycles. The highest BCUT2D eigenvalue weighted by atomic mass is 79.9. The molecule has 0 unspecified atom stereocenters. The van der Waals surface area contributed by atoms with Gasteiger partial charge in [-0.25, -0.2) is 0 Å². The van der Waals surface area contributed by atoms with Crippen LogP contribution in [0.3, 0.4) is 0 Å². The van der Waals surface area contributed by atoms with Crippen molar-refractivity contribution in [2.75, 3.05) is 12.0 Å². The predicted octanol–water partition coefficient (Wildman–Crippen LogP) is 6.19. The van der Waals surface area contributed by atoms with Crippen molar-refractivity contribution in [1.29, 1.82) is 0 Å². The Morgan fingerprint density at radius 1 is 1.15 bits per heavy atom. The molecular weight excluding hydrogens is 505 g/mol. The summed E-state index contributed by atoms with van der Waals surface area (Å²) in [5.41, 5.74) is 0.507. The number of anilines is 1. The number of halogens is 4. The van der Waals surface area contributed by atoms with Crippen LogP contribution in [0.4, 0.5) is 18.9 Å². The summed E-state index contributed by atoms with van der Waals surface area (Å²) >= 11 is 3.35. The van der Waals surface area contributed by atoms with E-state index in [1.165, 1.54) is 31.4 Å². The third-order valence-corrected chi connectivity index (χ3v) is 6.12. The summed E-state index contributed by atoms with van der Waals surface area (Å²) in [5, 5.41) is 12.1. The molecule has 2 atom stereocenters. The molecule has 0 heterocycles. The first-order valence-electron chi connectivity index (χ1n) is 10.5. The lowest BCUT2D eigenvalue weighted by molar-refractivity contribution is -0.525.